The second-order valence-corrected chi connectivity index (χ2v) is 8.63. The van der Waals surface area contributed by atoms with E-state index in [-0.39, 0.29) is 5.91 Å². The van der Waals surface area contributed by atoms with Gasteiger partial charge in [-0.3, -0.25) is 9.69 Å². The maximum atomic E-state index is 13.2. The van der Waals surface area contributed by atoms with Crippen molar-refractivity contribution in [2.24, 2.45) is 0 Å². The summed E-state index contributed by atoms with van der Waals surface area (Å²) >= 11 is 0. The van der Waals surface area contributed by atoms with Crippen LogP contribution in [0, 0.1) is 0 Å². The number of hydrogen-bond acceptors (Lipinski definition) is 8. The lowest BCUT2D eigenvalue weighted by molar-refractivity contribution is 0.0304. The Balaban J connectivity index is 1.16. The van der Waals surface area contributed by atoms with Crippen LogP contribution in [0.25, 0.3) is 10.9 Å². The molecule has 34 heavy (non-hydrogen) atoms. The van der Waals surface area contributed by atoms with Crippen LogP contribution >= 0.6 is 0 Å². The molecule has 1 aromatic carbocycles. The van der Waals surface area contributed by atoms with Crippen molar-refractivity contribution < 1.29 is 9.53 Å². The maximum Gasteiger partial charge on any atom is 0.254 e. The summed E-state index contributed by atoms with van der Waals surface area (Å²) in [4.78, 5) is 33.3. The second-order valence-electron chi connectivity index (χ2n) is 8.63. The van der Waals surface area contributed by atoms with Gasteiger partial charge < -0.3 is 19.9 Å². The van der Waals surface area contributed by atoms with Gasteiger partial charge in [-0.15, -0.1) is 0 Å². The van der Waals surface area contributed by atoms with E-state index in [1.165, 1.54) is 0 Å². The standard InChI is InChI=1S/C25H31N7O2/c33-24(31-15-17-34-18-16-31)21-19-23(29-22-6-2-1-5-20(21)22)26-9-4-10-30-11-13-32(14-12-30)25-27-7-3-8-28-25/h1-3,5-8,19H,4,9-18H2,(H,26,29). The number of rotatable bonds is 7. The molecule has 0 atom stereocenters. The second kappa shape index (κ2) is 10.8. The minimum absolute atomic E-state index is 0.0465. The van der Waals surface area contributed by atoms with Crippen molar-refractivity contribution in [1.29, 1.82) is 0 Å². The van der Waals surface area contributed by atoms with Gasteiger partial charge in [-0.1, -0.05) is 18.2 Å². The van der Waals surface area contributed by atoms with Gasteiger partial charge in [0.1, 0.15) is 5.82 Å². The topological polar surface area (TPSA) is 86.7 Å². The number of para-hydroxylation sites is 1. The van der Waals surface area contributed by atoms with E-state index >= 15 is 0 Å². The zero-order valence-electron chi connectivity index (χ0n) is 19.4. The highest BCUT2D eigenvalue weighted by Crippen LogP contribution is 2.23. The summed E-state index contributed by atoms with van der Waals surface area (Å²) < 4.78 is 5.41. The molecular formula is C25H31N7O2. The first-order valence-electron chi connectivity index (χ1n) is 12.0. The third-order valence-corrected chi connectivity index (χ3v) is 6.41. The van der Waals surface area contributed by atoms with E-state index < -0.39 is 0 Å². The Morgan fingerprint density at radius 3 is 2.53 bits per heavy atom. The number of aromatic nitrogens is 3. The molecule has 1 N–H and O–H groups in total. The maximum absolute atomic E-state index is 13.2. The highest BCUT2D eigenvalue weighted by molar-refractivity contribution is 6.07. The first-order chi connectivity index (χ1) is 16.8. The number of anilines is 2. The molecule has 0 bridgehead atoms. The Kier molecular flexibility index (Phi) is 7.11. The molecule has 4 heterocycles. The number of fused-ring (bicyclic) bond motifs is 1. The fourth-order valence-corrected chi connectivity index (χ4v) is 4.52. The number of amides is 1. The molecule has 9 nitrogen and oxygen atoms in total. The van der Waals surface area contributed by atoms with Gasteiger partial charge in [-0.05, 0) is 31.2 Å². The Hall–Kier alpha value is -3.30. The van der Waals surface area contributed by atoms with Gasteiger partial charge >= 0.3 is 0 Å². The summed E-state index contributed by atoms with van der Waals surface area (Å²) in [5.74, 6) is 1.61. The summed E-state index contributed by atoms with van der Waals surface area (Å²) in [7, 11) is 0. The monoisotopic (exact) mass is 461 g/mol. The summed E-state index contributed by atoms with van der Waals surface area (Å²) in [6.07, 6.45) is 4.59. The molecule has 2 fully saturated rings. The van der Waals surface area contributed by atoms with Gasteiger partial charge in [0.2, 0.25) is 5.95 Å². The fraction of sp³-hybridized carbons (Fsp3) is 0.440. The summed E-state index contributed by atoms with van der Waals surface area (Å²) in [5.41, 5.74) is 1.54. The average Bonchev–Trinajstić information content (AvgIpc) is 2.91. The summed E-state index contributed by atoms with van der Waals surface area (Å²) in [6.45, 7) is 8.15. The predicted octanol–water partition coefficient (Wildman–Crippen LogP) is 2.12. The number of ether oxygens (including phenoxy) is 1. The molecule has 1 amide bonds. The number of carbonyl (C=O) groups is 1. The highest BCUT2D eigenvalue weighted by Gasteiger charge is 2.22. The molecule has 0 unspecified atom stereocenters. The molecule has 2 aromatic heterocycles. The quantitative estimate of drug-likeness (QED) is 0.536. The Morgan fingerprint density at radius 2 is 1.74 bits per heavy atom. The fourth-order valence-electron chi connectivity index (χ4n) is 4.52. The molecule has 2 aliphatic heterocycles. The highest BCUT2D eigenvalue weighted by atomic mass is 16.5. The van der Waals surface area contributed by atoms with E-state index in [4.69, 9.17) is 9.72 Å². The van der Waals surface area contributed by atoms with Crippen molar-refractivity contribution in [2.75, 3.05) is 75.8 Å². The zero-order chi connectivity index (χ0) is 23.2. The minimum Gasteiger partial charge on any atom is -0.378 e. The van der Waals surface area contributed by atoms with Crippen LogP contribution in [0.5, 0.6) is 0 Å². The van der Waals surface area contributed by atoms with Crippen LogP contribution in [0.4, 0.5) is 11.8 Å². The molecule has 0 aliphatic carbocycles. The molecule has 2 aliphatic rings. The van der Waals surface area contributed by atoms with Crippen LogP contribution in [-0.2, 0) is 4.74 Å². The van der Waals surface area contributed by atoms with Gasteiger partial charge in [0.25, 0.3) is 5.91 Å². The van der Waals surface area contributed by atoms with Crippen LogP contribution in [0.15, 0.2) is 48.8 Å². The number of piperazine rings is 1. The van der Waals surface area contributed by atoms with Crippen molar-refractivity contribution in [3.8, 4) is 0 Å². The van der Waals surface area contributed by atoms with E-state index in [1.807, 2.05) is 41.3 Å². The Morgan fingerprint density at radius 1 is 0.971 bits per heavy atom. The van der Waals surface area contributed by atoms with Crippen LogP contribution in [-0.4, -0.2) is 96.2 Å². The third kappa shape index (κ3) is 5.26. The molecule has 5 rings (SSSR count). The van der Waals surface area contributed by atoms with Gasteiger partial charge in [-0.2, -0.15) is 0 Å². The first kappa shape index (κ1) is 22.5. The smallest absolute Gasteiger partial charge is 0.254 e. The first-order valence-corrected chi connectivity index (χ1v) is 12.0. The van der Waals surface area contributed by atoms with Crippen molar-refractivity contribution in [2.45, 2.75) is 6.42 Å². The van der Waals surface area contributed by atoms with Crippen molar-refractivity contribution in [3.05, 3.63) is 54.4 Å². The molecular weight excluding hydrogens is 430 g/mol. The lowest BCUT2D eigenvalue weighted by Crippen LogP contribution is -2.47. The molecule has 178 valence electrons. The SMILES string of the molecule is O=C(c1cc(NCCCN2CCN(c3ncccn3)CC2)nc2ccccc12)N1CCOCC1. The number of nitrogens with one attached hydrogen (secondary N) is 1. The van der Waals surface area contributed by atoms with Crippen LogP contribution < -0.4 is 10.2 Å². The summed E-state index contributed by atoms with van der Waals surface area (Å²) in [5, 5.41) is 4.34. The number of pyridine rings is 1. The molecule has 9 heteroatoms. The van der Waals surface area contributed by atoms with E-state index in [1.54, 1.807) is 12.4 Å². The van der Waals surface area contributed by atoms with Crippen molar-refractivity contribution in [3.63, 3.8) is 0 Å². The molecule has 0 spiro atoms. The normalized spacial score (nSPS) is 17.2. The van der Waals surface area contributed by atoms with Gasteiger partial charge in [0, 0.05) is 63.6 Å². The average molecular weight is 462 g/mol. The largest absolute Gasteiger partial charge is 0.378 e. The molecule has 0 radical (unpaired) electrons. The lowest BCUT2D eigenvalue weighted by Gasteiger charge is -2.34. The van der Waals surface area contributed by atoms with Crippen LogP contribution in [0.3, 0.4) is 0 Å². The Bertz CT molecular complexity index is 1100. The Labute approximate surface area is 199 Å². The van der Waals surface area contributed by atoms with E-state index in [9.17, 15) is 4.79 Å². The van der Waals surface area contributed by atoms with E-state index in [0.717, 1.165) is 68.4 Å². The molecule has 0 saturated carbocycles. The number of nitrogens with zero attached hydrogens (tertiary/aromatic N) is 6. The predicted molar refractivity (Wildman–Crippen MR) is 132 cm³/mol. The van der Waals surface area contributed by atoms with Gasteiger partial charge in [-0.25, -0.2) is 15.0 Å². The third-order valence-electron chi connectivity index (χ3n) is 6.41. The van der Waals surface area contributed by atoms with Crippen LogP contribution in [0.1, 0.15) is 16.8 Å². The molecule has 3 aromatic rings. The van der Waals surface area contributed by atoms with Gasteiger partial charge in [0.05, 0.1) is 24.3 Å². The number of morpholine rings is 1. The summed E-state index contributed by atoms with van der Waals surface area (Å²) in [6, 6.07) is 11.6. The number of benzene rings is 1. The minimum atomic E-state index is 0.0465. The van der Waals surface area contributed by atoms with Crippen molar-refractivity contribution in [1.82, 2.24) is 24.8 Å². The number of carbonyl (C=O) groups excluding carboxylic acids is 1. The molecule has 2 saturated heterocycles. The number of hydrogen-bond donors (Lipinski definition) is 1. The lowest BCUT2D eigenvalue weighted by atomic mass is 10.1. The van der Waals surface area contributed by atoms with E-state index in [0.29, 0.717) is 31.9 Å². The van der Waals surface area contributed by atoms with Crippen LogP contribution in [0.2, 0.25) is 0 Å². The van der Waals surface area contributed by atoms with Gasteiger partial charge in [0.15, 0.2) is 0 Å². The zero-order valence-corrected chi connectivity index (χ0v) is 19.4. The van der Waals surface area contributed by atoms with E-state index in [2.05, 4.69) is 25.1 Å². The van der Waals surface area contributed by atoms with Crippen molar-refractivity contribution >= 4 is 28.6 Å².